The van der Waals surface area contributed by atoms with Crippen LogP contribution in [0, 0.1) is 11.3 Å². The molecule has 0 amide bonds. The molecule has 1 unspecified atom stereocenters. The van der Waals surface area contributed by atoms with Crippen LogP contribution in [-0.2, 0) is 9.53 Å². The van der Waals surface area contributed by atoms with Crippen molar-refractivity contribution in [2.75, 3.05) is 13.2 Å². The third-order valence-corrected chi connectivity index (χ3v) is 4.97. The van der Waals surface area contributed by atoms with Crippen LogP contribution >= 0.6 is 0 Å². The maximum absolute atomic E-state index is 12.4. The highest BCUT2D eigenvalue weighted by atomic mass is 16.5. The molecule has 3 heteroatoms. The molecule has 0 rings (SSSR count). The van der Waals surface area contributed by atoms with Gasteiger partial charge >= 0.3 is 5.97 Å². The second kappa shape index (κ2) is 13.8. The van der Waals surface area contributed by atoms with Crippen molar-refractivity contribution in [3.63, 3.8) is 0 Å². The second-order valence-corrected chi connectivity index (χ2v) is 7.41. The van der Waals surface area contributed by atoms with Gasteiger partial charge < -0.3 is 10.5 Å². The summed E-state index contributed by atoms with van der Waals surface area (Å²) in [5.41, 5.74) is 5.48. The molecule has 138 valence electrons. The van der Waals surface area contributed by atoms with Gasteiger partial charge in [0.1, 0.15) is 0 Å². The van der Waals surface area contributed by atoms with Crippen molar-refractivity contribution in [3.8, 4) is 0 Å². The zero-order valence-electron chi connectivity index (χ0n) is 16.2. The molecule has 0 saturated carbocycles. The molecule has 0 bridgehead atoms. The SMILES string of the molecule is CCCCCCCCC(CN)C(C)(C)C(=O)OCCCCCC. The van der Waals surface area contributed by atoms with E-state index in [-0.39, 0.29) is 11.9 Å². The number of ether oxygens (including phenoxy) is 1. The van der Waals surface area contributed by atoms with Crippen molar-refractivity contribution < 1.29 is 9.53 Å². The number of hydrogen-bond donors (Lipinski definition) is 1. The highest BCUT2D eigenvalue weighted by molar-refractivity contribution is 5.76. The lowest BCUT2D eigenvalue weighted by molar-refractivity contribution is -0.157. The van der Waals surface area contributed by atoms with Crippen molar-refractivity contribution >= 4 is 5.97 Å². The molecule has 0 heterocycles. The number of rotatable bonds is 15. The Balaban J connectivity index is 4.08. The van der Waals surface area contributed by atoms with Crippen LogP contribution in [0.3, 0.4) is 0 Å². The van der Waals surface area contributed by atoms with Crippen LogP contribution in [-0.4, -0.2) is 19.1 Å². The summed E-state index contributed by atoms with van der Waals surface area (Å²) >= 11 is 0. The first-order valence-corrected chi connectivity index (χ1v) is 9.87. The number of carbonyl (C=O) groups is 1. The van der Waals surface area contributed by atoms with E-state index in [1.807, 2.05) is 13.8 Å². The van der Waals surface area contributed by atoms with E-state index in [9.17, 15) is 4.79 Å². The van der Waals surface area contributed by atoms with Crippen molar-refractivity contribution in [1.82, 2.24) is 0 Å². The van der Waals surface area contributed by atoms with E-state index in [4.69, 9.17) is 10.5 Å². The molecule has 0 aliphatic rings. The molecule has 0 aromatic heterocycles. The number of unbranched alkanes of at least 4 members (excludes halogenated alkanes) is 8. The van der Waals surface area contributed by atoms with Crippen LogP contribution in [0.25, 0.3) is 0 Å². The lowest BCUT2D eigenvalue weighted by atomic mass is 9.76. The summed E-state index contributed by atoms with van der Waals surface area (Å²) in [4.78, 5) is 12.4. The Hall–Kier alpha value is -0.570. The first kappa shape index (κ1) is 22.4. The molecule has 0 aromatic rings. The molecule has 1 atom stereocenters. The first-order valence-electron chi connectivity index (χ1n) is 9.87. The molecule has 0 radical (unpaired) electrons. The minimum absolute atomic E-state index is 0.0737. The number of carbonyl (C=O) groups excluding carboxylic acids is 1. The van der Waals surface area contributed by atoms with E-state index in [1.54, 1.807) is 0 Å². The summed E-state index contributed by atoms with van der Waals surface area (Å²) in [6.45, 7) is 9.53. The Morgan fingerprint density at radius 3 is 2.00 bits per heavy atom. The Morgan fingerprint density at radius 1 is 0.913 bits per heavy atom. The van der Waals surface area contributed by atoms with Crippen molar-refractivity contribution in [3.05, 3.63) is 0 Å². The summed E-state index contributed by atoms with van der Waals surface area (Å²) in [6, 6.07) is 0. The van der Waals surface area contributed by atoms with Crippen LogP contribution in [0.1, 0.15) is 98.3 Å². The highest BCUT2D eigenvalue weighted by Gasteiger charge is 2.36. The van der Waals surface area contributed by atoms with Gasteiger partial charge in [-0.1, -0.05) is 71.6 Å². The van der Waals surface area contributed by atoms with Crippen LogP contribution in [0.2, 0.25) is 0 Å². The van der Waals surface area contributed by atoms with Gasteiger partial charge in [-0.05, 0) is 39.2 Å². The molecule has 0 fully saturated rings. The van der Waals surface area contributed by atoms with Gasteiger partial charge in [0.15, 0.2) is 0 Å². The molecule has 0 aromatic carbocycles. The molecule has 3 nitrogen and oxygen atoms in total. The summed E-state index contributed by atoms with van der Waals surface area (Å²) < 4.78 is 5.50. The monoisotopic (exact) mass is 327 g/mol. The molecule has 0 saturated heterocycles. The lowest BCUT2D eigenvalue weighted by Gasteiger charge is -2.31. The maximum Gasteiger partial charge on any atom is 0.311 e. The van der Waals surface area contributed by atoms with E-state index in [0.717, 1.165) is 19.3 Å². The average molecular weight is 328 g/mol. The summed E-state index contributed by atoms with van der Waals surface area (Å²) in [6.07, 6.45) is 13.2. The van der Waals surface area contributed by atoms with Crippen molar-refractivity contribution in [2.45, 2.75) is 98.3 Å². The quantitative estimate of drug-likeness (QED) is 0.321. The molecule has 0 aliphatic carbocycles. The van der Waals surface area contributed by atoms with Crippen molar-refractivity contribution in [1.29, 1.82) is 0 Å². The Labute approximate surface area is 144 Å². The fraction of sp³-hybridized carbons (Fsp3) is 0.950. The predicted octanol–water partition coefficient (Wildman–Crippen LogP) is 5.46. The maximum atomic E-state index is 12.4. The zero-order valence-corrected chi connectivity index (χ0v) is 16.2. The van der Waals surface area contributed by atoms with Gasteiger partial charge in [0, 0.05) is 0 Å². The van der Waals surface area contributed by atoms with Crippen LogP contribution in [0.5, 0.6) is 0 Å². The van der Waals surface area contributed by atoms with E-state index < -0.39 is 5.41 Å². The van der Waals surface area contributed by atoms with Gasteiger partial charge in [0.25, 0.3) is 0 Å². The van der Waals surface area contributed by atoms with Crippen molar-refractivity contribution in [2.24, 2.45) is 17.1 Å². The van der Waals surface area contributed by atoms with E-state index in [2.05, 4.69) is 13.8 Å². The Bertz CT molecular complexity index is 289. The standard InChI is InChI=1S/C20H41NO2/c1-5-7-9-11-12-13-15-18(17-21)20(3,4)19(22)23-16-14-10-8-6-2/h18H,5-17,21H2,1-4H3. The topological polar surface area (TPSA) is 52.3 Å². The number of hydrogen-bond acceptors (Lipinski definition) is 3. The third-order valence-electron chi connectivity index (χ3n) is 4.97. The van der Waals surface area contributed by atoms with Gasteiger partial charge in [-0.15, -0.1) is 0 Å². The Morgan fingerprint density at radius 2 is 1.43 bits per heavy atom. The zero-order chi connectivity index (χ0) is 17.6. The molecule has 0 aliphatic heterocycles. The normalized spacial score (nSPS) is 13.1. The minimum Gasteiger partial charge on any atom is -0.465 e. The predicted molar refractivity (Wildman–Crippen MR) is 99.4 cm³/mol. The average Bonchev–Trinajstić information content (AvgIpc) is 2.53. The molecule has 0 spiro atoms. The number of nitrogens with two attached hydrogens (primary N) is 1. The molecule has 23 heavy (non-hydrogen) atoms. The lowest BCUT2D eigenvalue weighted by Crippen LogP contribution is -2.38. The van der Waals surface area contributed by atoms with Crippen LogP contribution in [0.15, 0.2) is 0 Å². The summed E-state index contributed by atoms with van der Waals surface area (Å²) in [5.74, 6) is 0.146. The minimum atomic E-state index is -0.469. The van der Waals surface area contributed by atoms with E-state index in [0.29, 0.717) is 13.2 Å². The summed E-state index contributed by atoms with van der Waals surface area (Å²) in [7, 11) is 0. The van der Waals surface area contributed by atoms with Crippen LogP contribution < -0.4 is 5.73 Å². The molecular weight excluding hydrogens is 286 g/mol. The smallest absolute Gasteiger partial charge is 0.311 e. The molecule has 2 N–H and O–H groups in total. The fourth-order valence-corrected chi connectivity index (χ4v) is 2.99. The number of esters is 1. The van der Waals surface area contributed by atoms with Gasteiger partial charge in [-0.25, -0.2) is 0 Å². The molecular formula is C20H41NO2. The largest absolute Gasteiger partial charge is 0.465 e. The summed E-state index contributed by atoms with van der Waals surface area (Å²) in [5, 5.41) is 0. The Kier molecular flexibility index (Phi) is 13.5. The first-order chi connectivity index (χ1) is 11.0. The van der Waals surface area contributed by atoms with Gasteiger partial charge in [-0.3, -0.25) is 4.79 Å². The van der Waals surface area contributed by atoms with Gasteiger partial charge in [0.05, 0.1) is 12.0 Å². The van der Waals surface area contributed by atoms with Gasteiger partial charge in [-0.2, -0.15) is 0 Å². The van der Waals surface area contributed by atoms with Crippen LogP contribution in [0.4, 0.5) is 0 Å². The van der Waals surface area contributed by atoms with E-state index in [1.165, 1.54) is 51.4 Å². The second-order valence-electron chi connectivity index (χ2n) is 7.41. The fourth-order valence-electron chi connectivity index (χ4n) is 2.99. The van der Waals surface area contributed by atoms with Gasteiger partial charge in [0.2, 0.25) is 0 Å². The highest BCUT2D eigenvalue weighted by Crippen LogP contribution is 2.32. The third kappa shape index (κ3) is 10.0. The van der Waals surface area contributed by atoms with E-state index >= 15 is 0 Å².